The van der Waals surface area contributed by atoms with Crippen LogP contribution in [0.25, 0.3) is 0 Å². The zero-order valence-corrected chi connectivity index (χ0v) is 13.1. The van der Waals surface area contributed by atoms with E-state index in [2.05, 4.69) is 15.9 Å². The standard InChI is InChI=1S/C16H16BrNO2/c1-18(16(19)12-6-4-3-5-7-12)11-13-10-14(17)8-9-15(13)20-2/h3-10H,11H2,1-2H3. The van der Waals surface area contributed by atoms with Crippen LogP contribution >= 0.6 is 15.9 Å². The lowest BCUT2D eigenvalue weighted by molar-refractivity contribution is 0.0784. The molecule has 0 heterocycles. The van der Waals surface area contributed by atoms with E-state index in [1.165, 1.54) is 0 Å². The van der Waals surface area contributed by atoms with Crippen LogP contribution in [0.15, 0.2) is 53.0 Å². The number of carbonyl (C=O) groups is 1. The number of amides is 1. The first kappa shape index (κ1) is 14.6. The number of carbonyl (C=O) groups excluding carboxylic acids is 1. The van der Waals surface area contributed by atoms with Crippen LogP contribution in [0.2, 0.25) is 0 Å². The van der Waals surface area contributed by atoms with E-state index < -0.39 is 0 Å². The van der Waals surface area contributed by atoms with E-state index in [0.717, 1.165) is 15.8 Å². The SMILES string of the molecule is COc1ccc(Br)cc1CN(C)C(=O)c1ccccc1. The van der Waals surface area contributed by atoms with Crippen LogP contribution in [0.1, 0.15) is 15.9 Å². The molecule has 0 aliphatic carbocycles. The van der Waals surface area contributed by atoms with Crippen molar-refractivity contribution in [3.63, 3.8) is 0 Å². The second kappa shape index (κ2) is 6.57. The van der Waals surface area contributed by atoms with Gasteiger partial charge in [-0.15, -0.1) is 0 Å². The number of ether oxygens (including phenoxy) is 1. The Morgan fingerprint density at radius 3 is 2.55 bits per heavy atom. The van der Waals surface area contributed by atoms with Gasteiger partial charge in [0.1, 0.15) is 5.75 Å². The van der Waals surface area contributed by atoms with Crippen molar-refractivity contribution in [2.75, 3.05) is 14.2 Å². The smallest absolute Gasteiger partial charge is 0.253 e. The van der Waals surface area contributed by atoms with Crippen LogP contribution in [0, 0.1) is 0 Å². The molecule has 0 aliphatic rings. The summed E-state index contributed by atoms with van der Waals surface area (Å²) in [5, 5.41) is 0. The van der Waals surface area contributed by atoms with Crippen LogP contribution in [0.5, 0.6) is 5.75 Å². The van der Waals surface area contributed by atoms with Gasteiger partial charge < -0.3 is 9.64 Å². The van der Waals surface area contributed by atoms with E-state index >= 15 is 0 Å². The van der Waals surface area contributed by atoms with E-state index in [-0.39, 0.29) is 5.91 Å². The third kappa shape index (κ3) is 3.39. The molecule has 20 heavy (non-hydrogen) atoms. The predicted molar refractivity (Wildman–Crippen MR) is 82.9 cm³/mol. The quantitative estimate of drug-likeness (QED) is 0.853. The first-order valence-electron chi connectivity index (χ1n) is 6.24. The van der Waals surface area contributed by atoms with Crippen LogP contribution < -0.4 is 4.74 Å². The highest BCUT2D eigenvalue weighted by atomic mass is 79.9. The number of benzene rings is 2. The molecule has 2 rings (SSSR count). The first-order chi connectivity index (χ1) is 9.61. The Labute approximate surface area is 127 Å². The van der Waals surface area contributed by atoms with Crippen molar-refractivity contribution < 1.29 is 9.53 Å². The highest BCUT2D eigenvalue weighted by molar-refractivity contribution is 9.10. The molecule has 0 N–H and O–H groups in total. The molecule has 0 unspecified atom stereocenters. The molecule has 0 atom stereocenters. The molecular weight excluding hydrogens is 318 g/mol. The molecule has 104 valence electrons. The van der Waals surface area contributed by atoms with Crippen molar-refractivity contribution in [3.8, 4) is 5.75 Å². The third-order valence-corrected chi connectivity index (χ3v) is 3.51. The maximum atomic E-state index is 12.3. The highest BCUT2D eigenvalue weighted by Crippen LogP contribution is 2.24. The lowest BCUT2D eigenvalue weighted by atomic mass is 10.1. The minimum atomic E-state index is -0.00683. The van der Waals surface area contributed by atoms with Crippen molar-refractivity contribution in [2.45, 2.75) is 6.54 Å². The van der Waals surface area contributed by atoms with Crippen molar-refractivity contribution in [1.29, 1.82) is 0 Å². The van der Waals surface area contributed by atoms with E-state index in [1.807, 2.05) is 48.5 Å². The van der Waals surface area contributed by atoms with Crippen molar-refractivity contribution in [1.82, 2.24) is 4.90 Å². The molecule has 0 radical (unpaired) electrons. The van der Waals surface area contributed by atoms with Gasteiger partial charge >= 0.3 is 0 Å². The average Bonchev–Trinajstić information content (AvgIpc) is 2.47. The van der Waals surface area contributed by atoms with Crippen molar-refractivity contribution >= 4 is 21.8 Å². The second-order valence-electron chi connectivity index (χ2n) is 4.48. The van der Waals surface area contributed by atoms with Crippen LogP contribution in [0.3, 0.4) is 0 Å². The molecule has 0 saturated carbocycles. The number of nitrogens with zero attached hydrogens (tertiary/aromatic N) is 1. The van der Waals surface area contributed by atoms with E-state index in [9.17, 15) is 4.79 Å². The molecule has 0 spiro atoms. The molecule has 4 heteroatoms. The number of hydrogen-bond donors (Lipinski definition) is 0. The number of halogens is 1. The fraction of sp³-hybridized carbons (Fsp3) is 0.188. The van der Waals surface area contributed by atoms with Gasteiger partial charge in [-0.2, -0.15) is 0 Å². The molecule has 0 bridgehead atoms. The molecule has 1 amide bonds. The zero-order valence-electron chi connectivity index (χ0n) is 11.5. The average molecular weight is 334 g/mol. The summed E-state index contributed by atoms with van der Waals surface area (Å²) in [5.41, 5.74) is 1.65. The minimum absolute atomic E-state index is 0.00683. The van der Waals surface area contributed by atoms with Crippen LogP contribution in [0.4, 0.5) is 0 Å². The maximum Gasteiger partial charge on any atom is 0.253 e. The van der Waals surface area contributed by atoms with E-state index in [1.54, 1.807) is 19.1 Å². The molecule has 2 aromatic carbocycles. The van der Waals surface area contributed by atoms with Gasteiger partial charge in [0.25, 0.3) is 5.91 Å². The summed E-state index contributed by atoms with van der Waals surface area (Å²) < 4.78 is 6.29. The topological polar surface area (TPSA) is 29.5 Å². The molecule has 3 nitrogen and oxygen atoms in total. The lowest BCUT2D eigenvalue weighted by Gasteiger charge is -2.19. The van der Waals surface area contributed by atoms with E-state index in [0.29, 0.717) is 12.1 Å². The highest BCUT2D eigenvalue weighted by Gasteiger charge is 2.14. The Bertz CT molecular complexity index is 599. The Morgan fingerprint density at radius 2 is 1.90 bits per heavy atom. The van der Waals surface area contributed by atoms with Crippen molar-refractivity contribution in [3.05, 3.63) is 64.1 Å². The summed E-state index contributed by atoms with van der Waals surface area (Å²) >= 11 is 3.44. The summed E-state index contributed by atoms with van der Waals surface area (Å²) in [6.45, 7) is 0.496. The Morgan fingerprint density at radius 1 is 1.20 bits per heavy atom. The molecule has 0 aromatic heterocycles. The molecule has 0 saturated heterocycles. The number of rotatable bonds is 4. The Hall–Kier alpha value is -1.81. The monoisotopic (exact) mass is 333 g/mol. The van der Waals surface area contributed by atoms with Gasteiger partial charge in [-0.05, 0) is 30.3 Å². The summed E-state index contributed by atoms with van der Waals surface area (Å²) in [7, 11) is 3.42. The molecule has 0 aliphatic heterocycles. The number of hydrogen-bond acceptors (Lipinski definition) is 2. The van der Waals surface area contributed by atoms with Gasteiger partial charge in [-0.3, -0.25) is 4.79 Å². The van der Waals surface area contributed by atoms with Gasteiger partial charge in [-0.1, -0.05) is 34.1 Å². The molecule has 0 fully saturated rings. The summed E-state index contributed by atoms with van der Waals surface area (Å²) in [4.78, 5) is 14.0. The fourth-order valence-electron chi connectivity index (χ4n) is 2.00. The zero-order chi connectivity index (χ0) is 14.5. The molecular formula is C16H16BrNO2. The van der Waals surface area contributed by atoms with Gasteiger partial charge in [0, 0.05) is 29.2 Å². The largest absolute Gasteiger partial charge is 0.496 e. The van der Waals surface area contributed by atoms with Crippen LogP contribution in [-0.4, -0.2) is 25.0 Å². The van der Waals surface area contributed by atoms with Crippen molar-refractivity contribution in [2.24, 2.45) is 0 Å². The Kier molecular flexibility index (Phi) is 4.79. The van der Waals surface area contributed by atoms with E-state index in [4.69, 9.17) is 4.74 Å². The lowest BCUT2D eigenvalue weighted by Crippen LogP contribution is -2.26. The Balaban J connectivity index is 2.17. The predicted octanol–water partition coefficient (Wildman–Crippen LogP) is 3.73. The van der Waals surface area contributed by atoms with Crippen LogP contribution in [-0.2, 0) is 6.54 Å². The number of methoxy groups -OCH3 is 1. The van der Waals surface area contributed by atoms with Gasteiger partial charge in [0.2, 0.25) is 0 Å². The van der Waals surface area contributed by atoms with Gasteiger partial charge in [0.15, 0.2) is 0 Å². The molecule has 2 aromatic rings. The first-order valence-corrected chi connectivity index (χ1v) is 7.04. The maximum absolute atomic E-state index is 12.3. The van der Waals surface area contributed by atoms with Gasteiger partial charge in [-0.25, -0.2) is 0 Å². The van der Waals surface area contributed by atoms with Gasteiger partial charge in [0.05, 0.1) is 7.11 Å². The summed E-state index contributed by atoms with van der Waals surface area (Å²) in [5.74, 6) is 0.772. The summed E-state index contributed by atoms with van der Waals surface area (Å²) in [6, 6.07) is 15.0. The fourth-order valence-corrected chi connectivity index (χ4v) is 2.41. The third-order valence-electron chi connectivity index (χ3n) is 3.02. The summed E-state index contributed by atoms with van der Waals surface area (Å²) in [6.07, 6.45) is 0. The normalized spacial score (nSPS) is 10.2. The minimum Gasteiger partial charge on any atom is -0.496 e. The second-order valence-corrected chi connectivity index (χ2v) is 5.40.